The first kappa shape index (κ1) is 10.7. The van der Waals surface area contributed by atoms with Crippen molar-refractivity contribution in [3.63, 3.8) is 0 Å². The molecule has 0 amide bonds. The minimum Gasteiger partial charge on any atom is -0.481 e. The van der Waals surface area contributed by atoms with Crippen LogP contribution in [0.1, 0.15) is 34.7 Å². The number of benzene rings is 1. The van der Waals surface area contributed by atoms with Crippen LogP contribution in [0.3, 0.4) is 0 Å². The van der Waals surface area contributed by atoms with E-state index in [1.54, 1.807) is 0 Å². The number of ketones is 1. The van der Waals surface area contributed by atoms with Crippen molar-refractivity contribution in [2.75, 3.05) is 0 Å². The monoisotopic (exact) mass is 226 g/mol. The molecule has 0 saturated carbocycles. The molecule has 0 aromatic heterocycles. The van der Waals surface area contributed by atoms with Crippen molar-refractivity contribution >= 4 is 11.8 Å². The van der Waals surface area contributed by atoms with E-state index in [-0.39, 0.29) is 24.0 Å². The minimum atomic E-state index is -1.13. The van der Waals surface area contributed by atoms with Crippen LogP contribution < -0.4 is 0 Å². The second-order valence-corrected chi connectivity index (χ2v) is 3.74. The van der Waals surface area contributed by atoms with Gasteiger partial charge in [0, 0.05) is 17.9 Å². The number of carbonyl (C=O) groups excluding carboxylic acids is 1. The Balaban J connectivity index is 2.52. The summed E-state index contributed by atoms with van der Waals surface area (Å²) in [5.74, 6) is -3.91. The van der Waals surface area contributed by atoms with E-state index in [0.717, 1.165) is 12.1 Å². The fourth-order valence-corrected chi connectivity index (χ4v) is 2.06. The van der Waals surface area contributed by atoms with E-state index in [0.29, 0.717) is 0 Å². The molecule has 84 valence electrons. The maximum absolute atomic E-state index is 13.4. The summed E-state index contributed by atoms with van der Waals surface area (Å²) in [4.78, 5) is 22.0. The first-order chi connectivity index (χ1) is 7.50. The maximum atomic E-state index is 13.4. The van der Waals surface area contributed by atoms with Crippen molar-refractivity contribution in [1.29, 1.82) is 0 Å². The molecule has 0 saturated heterocycles. The summed E-state index contributed by atoms with van der Waals surface area (Å²) in [5, 5.41) is 8.62. The number of hydrogen-bond acceptors (Lipinski definition) is 2. The molecule has 0 aliphatic heterocycles. The summed E-state index contributed by atoms with van der Waals surface area (Å²) in [6.07, 6.45) is -0.501. The van der Waals surface area contributed by atoms with E-state index in [9.17, 15) is 18.4 Å². The average molecular weight is 226 g/mol. The van der Waals surface area contributed by atoms with Crippen molar-refractivity contribution < 1.29 is 23.5 Å². The van der Waals surface area contributed by atoms with Crippen molar-refractivity contribution in [1.82, 2.24) is 0 Å². The number of carbonyl (C=O) groups is 2. The number of fused-ring (bicyclic) bond motifs is 1. The van der Waals surface area contributed by atoms with Gasteiger partial charge in [-0.25, -0.2) is 8.78 Å². The Morgan fingerprint density at radius 1 is 1.38 bits per heavy atom. The van der Waals surface area contributed by atoms with Crippen LogP contribution in [0.15, 0.2) is 12.1 Å². The summed E-state index contributed by atoms with van der Waals surface area (Å²) in [6.45, 7) is 0. The number of halogens is 2. The Kier molecular flexibility index (Phi) is 2.46. The molecule has 16 heavy (non-hydrogen) atoms. The molecule has 5 heteroatoms. The van der Waals surface area contributed by atoms with E-state index in [1.165, 1.54) is 0 Å². The van der Waals surface area contributed by atoms with E-state index in [2.05, 4.69) is 0 Å². The number of Topliss-reactive ketones (excluding diaryl/α,β-unsaturated/α-hetero) is 1. The van der Waals surface area contributed by atoms with Gasteiger partial charge in [0.15, 0.2) is 5.78 Å². The van der Waals surface area contributed by atoms with Gasteiger partial charge in [0.05, 0.1) is 12.0 Å². The molecular weight excluding hydrogens is 218 g/mol. The highest BCUT2D eigenvalue weighted by molar-refractivity contribution is 6.02. The molecule has 1 atom stereocenters. The fourth-order valence-electron chi connectivity index (χ4n) is 2.06. The average Bonchev–Trinajstić information content (AvgIpc) is 2.49. The molecule has 3 nitrogen and oxygen atoms in total. The Bertz CT molecular complexity index is 482. The Morgan fingerprint density at radius 2 is 2.00 bits per heavy atom. The van der Waals surface area contributed by atoms with Gasteiger partial charge in [-0.2, -0.15) is 0 Å². The summed E-state index contributed by atoms with van der Waals surface area (Å²) >= 11 is 0. The van der Waals surface area contributed by atoms with Crippen LogP contribution in [0.4, 0.5) is 8.78 Å². The van der Waals surface area contributed by atoms with Crippen LogP contribution in [-0.2, 0) is 4.79 Å². The zero-order valence-electron chi connectivity index (χ0n) is 8.17. The molecule has 1 aliphatic carbocycles. The van der Waals surface area contributed by atoms with Gasteiger partial charge < -0.3 is 5.11 Å². The number of hydrogen-bond donors (Lipinski definition) is 1. The minimum absolute atomic E-state index is 0.0904. The van der Waals surface area contributed by atoms with Crippen LogP contribution in [0.5, 0.6) is 0 Å². The lowest BCUT2D eigenvalue weighted by Gasteiger charge is -2.08. The van der Waals surface area contributed by atoms with Crippen molar-refractivity contribution in [2.45, 2.75) is 18.8 Å². The van der Waals surface area contributed by atoms with Gasteiger partial charge in [0.2, 0.25) is 0 Å². The molecule has 0 spiro atoms. The molecule has 0 heterocycles. The predicted molar refractivity (Wildman–Crippen MR) is 50.3 cm³/mol. The molecule has 0 fully saturated rings. The van der Waals surface area contributed by atoms with E-state index < -0.39 is 29.3 Å². The van der Waals surface area contributed by atoms with Gasteiger partial charge in [0.25, 0.3) is 0 Å². The third-order valence-electron chi connectivity index (χ3n) is 2.68. The van der Waals surface area contributed by atoms with Crippen LogP contribution in [0.25, 0.3) is 0 Å². The van der Waals surface area contributed by atoms with Gasteiger partial charge in [-0.3, -0.25) is 9.59 Å². The molecule has 2 rings (SSSR count). The van der Waals surface area contributed by atoms with Crippen molar-refractivity contribution in [3.05, 3.63) is 34.9 Å². The molecule has 1 aliphatic rings. The molecule has 0 bridgehead atoms. The van der Waals surface area contributed by atoms with Gasteiger partial charge in [-0.05, 0) is 12.1 Å². The van der Waals surface area contributed by atoms with E-state index >= 15 is 0 Å². The number of aliphatic carboxylic acids is 1. The highest BCUT2D eigenvalue weighted by Crippen LogP contribution is 2.38. The second kappa shape index (κ2) is 3.66. The first-order valence-electron chi connectivity index (χ1n) is 4.73. The van der Waals surface area contributed by atoms with Crippen LogP contribution >= 0.6 is 0 Å². The lowest BCUT2D eigenvalue weighted by atomic mass is 9.97. The second-order valence-electron chi connectivity index (χ2n) is 3.74. The van der Waals surface area contributed by atoms with Gasteiger partial charge in [-0.1, -0.05) is 0 Å². The summed E-state index contributed by atoms with van der Waals surface area (Å²) in [7, 11) is 0. The number of carboxylic acids is 1. The SMILES string of the molecule is O=C(O)CC1CC(=O)c2c(F)ccc(F)c21. The van der Waals surface area contributed by atoms with E-state index in [1.807, 2.05) is 0 Å². The Labute approximate surface area is 89.7 Å². The molecule has 0 radical (unpaired) electrons. The first-order valence-corrected chi connectivity index (χ1v) is 4.73. The molecule has 1 aromatic rings. The van der Waals surface area contributed by atoms with E-state index in [4.69, 9.17) is 5.11 Å². The predicted octanol–water partition coefficient (Wildman–Crippen LogP) is 2.11. The maximum Gasteiger partial charge on any atom is 0.303 e. The van der Waals surface area contributed by atoms with Gasteiger partial charge in [0.1, 0.15) is 11.6 Å². The highest BCUT2D eigenvalue weighted by atomic mass is 19.1. The summed E-state index contributed by atoms with van der Waals surface area (Å²) < 4.78 is 26.7. The Hall–Kier alpha value is -1.78. The standard InChI is InChI=1S/C11H8F2O3/c12-6-1-2-7(13)11-8(14)3-5(10(6)11)4-9(15)16/h1-2,5H,3-4H2,(H,15,16). The molecule has 1 unspecified atom stereocenters. The molecular formula is C11H8F2O3. The van der Waals surface area contributed by atoms with Gasteiger partial charge in [-0.15, -0.1) is 0 Å². The topological polar surface area (TPSA) is 54.4 Å². The van der Waals surface area contributed by atoms with Crippen LogP contribution in [-0.4, -0.2) is 16.9 Å². The zero-order chi connectivity index (χ0) is 11.9. The third-order valence-corrected chi connectivity index (χ3v) is 2.68. The normalized spacial score (nSPS) is 18.6. The quantitative estimate of drug-likeness (QED) is 0.840. The van der Waals surface area contributed by atoms with Gasteiger partial charge >= 0.3 is 5.97 Å². The third kappa shape index (κ3) is 1.58. The largest absolute Gasteiger partial charge is 0.481 e. The number of rotatable bonds is 2. The summed E-state index contributed by atoms with van der Waals surface area (Å²) in [5.41, 5.74) is -0.376. The molecule has 1 N–H and O–H groups in total. The molecule has 1 aromatic carbocycles. The highest BCUT2D eigenvalue weighted by Gasteiger charge is 2.35. The van der Waals surface area contributed by atoms with Crippen LogP contribution in [0, 0.1) is 11.6 Å². The summed E-state index contributed by atoms with van der Waals surface area (Å²) in [6, 6.07) is 1.80. The van der Waals surface area contributed by atoms with Crippen molar-refractivity contribution in [3.8, 4) is 0 Å². The van der Waals surface area contributed by atoms with Crippen molar-refractivity contribution in [2.24, 2.45) is 0 Å². The van der Waals surface area contributed by atoms with Crippen LogP contribution in [0.2, 0.25) is 0 Å². The smallest absolute Gasteiger partial charge is 0.303 e. The zero-order valence-corrected chi connectivity index (χ0v) is 8.17. The number of carboxylic acid groups (broad SMARTS) is 1. The lowest BCUT2D eigenvalue weighted by Crippen LogP contribution is -2.05. The fraction of sp³-hybridized carbons (Fsp3) is 0.273. The Morgan fingerprint density at radius 3 is 2.62 bits per heavy atom. The lowest BCUT2D eigenvalue weighted by molar-refractivity contribution is -0.137.